The zero-order valence-corrected chi connectivity index (χ0v) is 26.8. The van der Waals surface area contributed by atoms with Gasteiger partial charge in [0.1, 0.15) is 18.5 Å². The Labute approximate surface area is 241 Å². The van der Waals surface area contributed by atoms with Gasteiger partial charge in [-0.1, -0.05) is 39.0 Å². The summed E-state index contributed by atoms with van der Waals surface area (Å²) in [4.78, 5) is 26.2. The lowest BCUT2D eigenvalue weighted by atomic mass is 10.1. The summed E-state index contributed by atoms with van der Waals surface area (Å²) in [5.74, 6) is -0.0277. The molecule has 3 heterocycles. The van der Waals surface area contributed by atoms with Gasteiger partial charge in [-0.15, -0.1) is 0 Å². The fourth-order valence-corrected chi connectivity index (χ4v) is 6.90. The summed E-state index contributed by atoms with van der Waals surface area (Å²) in [6.45, 7) is 10.8. The number of anilines is 1. The van der Waals surface area contributed by atoms with E-state index in [1.165, 1.54) is 20.5 Å². The zero-order chi connectivity index (χ0) is 30.0. The molecule has 4 unspecified atom stereocenters. The Morgan fingerprint density at radius 1 is 1.07 bits per heavy atom. The van der Waals surface area contributed by atoms with Gasteiger partial charge in [0.05, 0.1) is 18.6 Å². The predicted molar refractivity (Wildman–Crippen MR) is 158 cm³/mol. The van der Waals surface area contributed by atoms with E-state index in [0.717, 1.165) is 0 Å². The number of nitrogens with one attached hydrogen (secondary N) is 1. The van der Waals surface area contributed by atoms with E-state index in [-0.39, 0.29) is 22.9 Å². The molecule has 4 atom stereocenters. The highest BCUT2D eigenvalue weighted by molar-refractivity contribution is 7.53. The largest absolute Gasteiger partial charge is 0.407 e. The van der Waals surface area contributed by atoms with Gasteiger partial charge in [0.15, 0.2) is 31.5 Å². The molecule has 1 saturated heterocycles. The fourth-order valence-electron chi connectivity index (χ4n) is 4.53. The summed E-state index contributed by atoms with van der Waals surface area (Å²) in [6, 6.07) is 8.87. The van der Waals surface area contributed by atoms with E-state index >= 15 is 0 Å². The Morgan fingerprint density at radius 3 is 2.37 bits per heavy atom. The third-order valence-corrected chi connectivity index (χ3v) is 14.3. The molecule has 41 heavy (non-hydrogen) atoms. The molecule has 0 saturated carbocycles. The lowest BCUT2D eigenvalue weighted by molar-refractivity contribution is -0.0333. The van der Waals surface area contributed by atoms with Gasteiger partial charge < -0.3 is 28.3 Å². The molecule has 0 spiro atoms. The number of fused-ring (bicyclic) bond motifs is 1. The minimum Gasteiger partial charge on any atom is -0.407 e. The maximum Gasteiger partial charge on any atom is 0.330 e. The number of ether oxygens (including phenoxy) is 2. The number of nitrogens with zero attached hydrogens (tertiary/aromatic N) is 4. The lowest BCUT2D eigenvalue weighted by Crippen LogP contribution is -2.49. The first-order valence-corrected chi connectivity index (χ1v) is 18.1. The molecule has 1 aliphatic rings. The van der Waals surface area contributed by atoms with Crippen molar-refractivity contribution in [1.82, 2.24) is 19.5 Å². The van der Waals surface area contributed by atoms with Gasteiger partial charge >= 0.3 is 7.60 Å². The van der Waals surface area contributed by atoms with E-state index in [1.807, 2.05) is 6.07 Å². The van der Waals surface area contributed by atoms with Crippen LogP contribution in [0.25, 0.3) is 11.2 Å². The fraction of sp³-hybridized carbons (Fsp3) is 0.556. The van der Waals surface area contributed by atoms with Gasteiger partial charge in [-0.2, -0.15) is 0 Å². The van der Waals surface area contributed by atoms with Gasteiger partial charge in [0.25, 0.3) is 5.91 Å². The molecular formula is C27H40N5O7PSi. The van der Waals surface area contributed by atoms with Crippen molar-refractivity contribution in [2.24, 2.45) is 0 Å². The topological polar surface area (TPSA) is 136 Å². The van der Waals surface area contributed by atoms with Crippen LogP contribution in [0.1, 0.15) is 43.8 Å². The third-order valence-electron chi connectivity index (χ3n) is 7.94. The van der Waals surface area contributed by atoms with E-state index in [0.29, 0.717) is 23.1 Å². The summed E-state index contributed by atoms with van der Waals surface area (Å²) in [5.41, 5.74) is 1.37. The first-order valence-electron chi connectivity index (χ1n) is 13.4. The SMILES string of the molecule is COC1C(CCP(=O)(OC)OC)OC(n2cnc3c(NC(=O)c4ccccc4)ncnc32)C1O[Si](C)(C)C(C)(C)C. The molecule has 12 nitrogen and oxygen atoms in total. The molecule has 1 fully saturated rings. The Bertz CT molecular complexity index is 1390. The minimum atomic E-state index is -3.27. The molecule has 1 amide bonds. The zero-order valence-electron chi connectivity index (χ0n) is 24.9. The number of rotatable bonds is 11. The molecule has 224 valence electrons. The molecule has 3 aromatic rings. The monoisotopic (exact) mass is 605 g/mol. The number of imidazole rings is 1. The van der Waals surface area contributed by atoms with Crippen LogP contribution >= 0.6 is 7.60 Å². The standard InChI is InChI=1S/C27H40N5O7PSi/c1-27(2,3)41(7,8)39-22-21(35-4)19(14-15-40(34,36-5)37-6)38-26(22)32-17-30-20-23(28-16-29-24(20)32)31-25(33)18-12-10-9-11-13-18/h9-13,16-17,19,21-22,26H,14-15H2,1-8H3,(H,28,29,31,33). The highest BCUT2D eigenvalue weighted by Crippen LogP contribution is 2.49. The van der Waals surface area contributed by atoms with E-state index in [1.54, 1.807) is 42.3 Å². The van der Waals surface area contributed by atoms with Crippen LogP contribution in [0.2, 0.25) is 18.1 Å². The molecule has 0 radical (unpaired) electrons. The predicted octanol–water partition coefficient (Wildman–Crippen LogP) is 5.26. The summed E-state index contributed by atoms with van der Waals surface area (Å²) in [5, 5.41) is 2.76. The molecule has 0 bridgehead atoms. The van der Waals surface area contributed by atoms with Crippen molar-refractivity contribution in [2.75, 3.05) is 32.8 Å². The van der Waals surface area contributed by atoms with Crippen LogP contribution in [0.15, 0.2) is 43.0 Å². The van der Waals surface area contributed by atoms with Gasteiger partial charge in [-0.05, 0) is 36.7 Å². The first-order chi connectivity index (χ1) is 19.3. The van der Waals surface area contributed by atoms with Crippen LogP contribution in [0.4, 0.5) is 5.82 Å². The Kier molecular flexibility index (Phi) is 9.49. The molecule has 1 aliphatic heterocycles. The number of hydrogen-bond acceptors (Lipinski definition) is 10. The molecular weight excluding hydrogens is 565 g/mol. The van der Waals surface area contributed by atoms with Crippen molar-refractivity contribution in [1.29, 1.82) is 0 Å². The van der Waals surface area contributed by atoms with Crippen LogP contribution in [0.5, 0.6) is 0 Å². The van der Waals surface area contributed by atoms with Gasteiger partial charge in [-0.25, -0.2) is 15.0 Å². The second-order valence-corrected chi connectivity index (χ2v) is 18.6. The number of methoxy groups -OCH3 is 1. The van der Waals surface area contributed by atoms with Crippen molar-refractivity contribution < 1.29 is 32.3 Å². The maximum absolute atomic E-state index is 12.8. The molecule has 4 rings (SSSR count). The number of carbonyl (C=O) groups excluding carboxylic acids is 1. The van der Waals surface area contributed by atoms with Gasteiger partial charge in [0.2, 0.25) is 0 Å². The summed E-state index contributed by atoms with van der Waals surface area (Å²) >= 11 is 0. The first kappa shape index (κ1) is 31.4. The van der Waals surface area contributed by atoms with E-state index in [4.69, 9.17) is 22.9 Å². The Morgan fingerprint density at radius 2 is 1.76 bits per heavy atom. The average molecular weight is 606 g/mol. The number of carbonyl (C=O) groups is 1. The van der Waals surface area contributed by atoms with Crippen LogP contribution in [-0.2, 0) is 27.5 Å². The minimum absolute atomic E-state index is 0.0796. The van der Waals surface area contributed by atoms with Gasteiger partial charge in [0, 0.05) is 26.9 Å². The van der Waals surface area contributed by atoms with E-state index in [9.17, 15) is 9.36 Å². The summed E-state index contributed by atoms with van der Waals surface area (Å²) in [7, 11) is -1.23. The van der Waals surface area contributed by atoms with E-state index < -0.39 is 40.5 Å². The third kappa shape index (κ3) is 6.61. The summed E-state index contributed by atoms with van der Waals surface area (Å²) in [6.07, 6.45) is 1.33. The van der Waals surface area contributed by atoms with Crippen molar-refractivity contribution >= 4 is 38.8 Å². The van der Waals surface area contributed by atoms with Gasteiger partial charge in [-0.3, -0.25) is 13.9 Å². The van der Waals surface area contributed by atoms with Crippen LogP contribution < -0.4 is 5.32 Å². The normalized spacial score (nSPS) is 21.9. The second kappa shape index (κ2) is 12.4. The number of aromatic nitrogens is 4. The Hall–Kier alpha value is -2.51. The number of benzene rings is 1. The van der Waals surface area contributed by atoms with Crippen LogP contribution in [0, 0.1) is 0 Å². The highest BCUT2D eigenvalue weighted by atomic mass is 31.2. The molecule has 0 aliphatic carbocycles. The quantitative estimate of drug-likeness (QED) is 0.228. The number of hydrogen-bond donors (Lipinski definition) is 1. The average Bonchev–Trinajstić information content (AvgIpc) is 3.52. The molecule has 2 aromatic heterocycles. The van der Waals surface area contributed by atoms with Crippen molar-refractivity contribution in [3.05, 3.63) is 48.5 Å². The van der Waals surface area contributed by atoms with E-state index in [2.05, 4.69) is 54.1 Å². The molecule has 1 aromatic carbocycles. The Balaban J connectivity index is 1.70. The van der Waals surface area contributed by atoms with Crippen molar-refractivity contribution in [2.45, 2.75) is 69.9 Å². The number of amides is 1. The lowest BCUT2D eigenvalue weighted by Gasteiger charge is -2.40. The highest BCUT2D eigenvalue weighted by Gasteiger charge is 2.51. The molecule has 1 N–H and O–H groups in total. The smallest absolute Gasteiger partial charge is 0.330 e. The van der Waals surface area contributed by atoms with Crippen molar-refractivity contribution in [3.63, 3.8) is 0 Å². The second-order valence-electron chi connectivity index (χ2n) is 11.5. The van der Waals surface area contributed by atoms with Crippen LogP contribution in [-0.4, -0.2) is 79.5 Å². The maximum atomic E-state index is 12.8. The van der Waals surface area contributed by atoms with Crippen LogP contribution in [0.3, 0.4) is 0 Å². The van der Waals surface area contributed by atoms with Crippen molar-refractivity contribution in [3.8, 4) is 0 Å². The molecule has 14 heteroatoms. The summed E-state index contributed by atoms with van der Waals surface area (Å²) < 4.78 is 44.4.